The van der Waals surface area contributed by atoms with E-state index in [9.17, 15) is 18.0 Å². The molecular formula is C11H20O6S. The van der Waals surface area contributed by atoms with E-state index < -0.39 is 32.8 Å². The van der Waals surface area contributed by atoms with Crippen molar-refractivity contribution in [1.29, 1.82) is 0 Å². The monoisotopic (exact) mass is 280 g/mol. The second-order valence-electron chi connectivity index (χ2n) is 3.72. The summed E-state index contributed by atoms with van der Waals surface area (Å²) < 4.78 is 33.0. The molecule has 0 spiro atoms. The Bertz CT molecular complexity index is 373. The van der Waals surface area contributed by atoms with Gasteiger partial charge in [0.2, 0.25) is 0 Å². The van der Waals surface area contributed by atoms with E-state index in [2.05, 4.69) is 4.74 Å². The van der Waals surface area contributed by atoms with Crippen molar-refractivity contribution < 1.29 is 27.5 Å². The summed E-state index contributed by atoms with van der Waals surface area (Å²) in [6.45, 7) is 3.52. The van der Waals surface area contributed by atoms with Gasteiger partial charge in [-0.15, -0.1) is 0 Å². The van der Waals surface area contributed by atoms with E-state index in [1.54, 1.807) is 13.8 Å². The van der Waals surface area contributed by atoms with E-state index in [1.165, 1.54) is 7.11 Å². The third-order valence-corrected chi connectivity index (χ3v) is 4.42. The van der Waals surface area contributed by atoms with Crippen LogP contribution in [0.15, 0.2) is 0 Å². The van der Waals surface area contributed by atoms with E-state index in [4.69, 9.17) is 4.74 Å². The molecule has 0 aliphatic rings. The van der Waals surface area contributed by atoms with Crippen molar-refractivity contribution in [2.45, 2.75) is 38.4 Å². The van der Waals surface area contributed by atoms with Crippen LogP contribution >= 0.6 is 0 Å². The van der Waals surface area contributed by atoms with Gasteiger partial charge in [0, 0.05) is 0 Å². The van der Waals surface area contributed by atoms with Gasteiger partial charge in [-0.05, 0) is 13.3 Å². The maximum absolute atomic E-state index is 11.9. The topological polar surface area (TPSA) is 86.7 Å². The Morgan fingerprint density at radius 1 is 1.22 bits per heavy atom. The zero-order valence-electron chi connectivity index (χ0n) is 11.0. The second-order valence-corrected chi connectivity index (χ2v) is 6.03. The number of rotatable bonds is 8. The summed E-state index contributed by atoms with van der Waals surface area (Å²) >= 11 is 0. The standard InChI is InChI=1S/C11H20O6S/c1-4-6-9(11(13)17-5-2)18(14,15)8-7-10(12)16-3/h9H,4-8H2,1-3H3. The predicted octanol–water partition coefficient (Wildman–Crippen LogP) is 0.696. The summed E-state index contributed by atoms with van der Waals surface area (Å²) in [5.41, 5.74) is 0. The first-order valence-electron chi connectivity index (χ1n) is 5.84. The Kier molecular flexibility index (Phi) is 7.58. The van der Waals surface area contributed by atoms with E-state index in [1.807, 2.05) is 0 Å². The molecule has 1 unspecified atom stereocenters. The normalized spacial score (nSPS) is 12.8. The van der Waals surface area contributed by atoms with E-state index in [0.717, 1.165) is 0 Å². The number of hydrogen-bond acceptors (Lipinski definition) is 6. The molecule has 0 N–H and O–H groups in total. The fourth-order valence-electron chi connectivity index (χ4n) is 1.41. The maximum Gasteiger partial charge on any atom is 0.324 e. The number of ether oxygens (including phenoxy) is 2. The fourth-order valence-corrected chi connectivity index (χ4v) is 3.10. The Hall–Kier alpha value is -1.11. The van der Waals surface area contributed by atoms with Crippen LogP contribution in [0.3, 0.4) is 0 Å². The van der Waals surface area contributed by atoms with Gasteiger partial charge in [0.25, 0.3) is 0 Å². The molecule has 0 aromatic carbocycles. The number of sulfone groups is 1. The van der Waals surface area contributed by atoms with E-state index in [0.29, 0.717) is 6.42 Å². The summed E-state index contributed by atoms with van der Waals surface area (Å²) in [6.07, 6.45) is 0.488. The van der Waals surface area contributed by atoms with Gasteiger partial charge in [-0.3, -0.25) is 9.59 Å². The van der Waals surface area contributed by atoms with Gasteiger partial charge in [-0.1, -0.05) is 13.3 Å². The van der Waals surface area contributed by atoms with E-state index in [-0.39, 0.29) is 19.4 Å². The summed E-state index contributed by atoms with van der Waals surface area (Å²) in [5.74, 6) is -1.76. The van der Waals surface area contributed by atoms with Crippen LogP contribution in [0.25, 0.3) is 0 Å². The van der Waals surface area contributed by atoms with Crippen LogP contribution in [-0.2, 0) is 28.9 Å². The third-order valence-electron chi connectivity index (χ3n) is 2.35. The summed E-state index contributed by atoms with van der Waals surface area (Å²) in [5, 5.41) is -1.19. The second kappa shape index (κ2) is 8.07. The van der Waals surface area contributed by atoms with Crippen molar-refractivity contribution in [1.82, 2.24) is 0 Å². The Labute approximate surface area is 108 Å². The lowest BCUT2D eigenvalue weighted by Crippen LogP contribution is -2.34. The van der Waals surface area contributed by atoms with Gasteiger partial charge in [0.1, 0.15) is 0 Å². The molecule has 0 rings (SSSR count). The number of esters is 2. The van der Waals surface area contributed by atoms with Crippen molar-refractivity contribution in [2.75, 3.05) is 19.5 Å². The Morgan fingerprint density at radius 3 is 2.28 bits per heavy atom. The molecular weight excluding hydrogens is 260 g/mol. The first-order valence-corrected chi connectivity index (χ1v) is 7.55. The molecule has 7 heteroatoms. The Balaban J connectivity index is 4.76. The molecule has 0 aromatic heterocycles. The van der Waals surface area contributed by atoms with Crippen molar-refractivity contribution >= 4 is 21.8 Å². The highest BCUT2D eigenvalue weighted by atomic mass is 32.2. The lowest BCUT2D eigenvalue weighted by Gasteiger charge is -2.15. The third kappa shape index (κ3) is 5.48. The number of carbonyl (C=O) groups is 2. The van der Waals surface area contributed by atoms with Crippen molar-refractivity contribution in [3.05, 3.63) is 0 Å². The smallest absolute Gasteiger partial charge is 0.324 e. The van der Waals surface area contributed by atoms with Crippen molar-refractivity contribution in [2.24, 2.45) is 0 Å². The zero-order valence-corrected chi connectivity index (χ0v) is 11.8. The number of methoxy groups -OCH3 is 1. The van der Waals surface area contributed by atoms with Crippen LogP contribution in [-0.4, -0.2) is 45.1 Å². The molecule has 0 amide bonds. The van der Waals surface area contributed by atoms with Crippen molar-refractivity contribution in [3.63, 3.8) is 0 Å². The molecule has 0 aliphatic heterocycles. The minimum Gasteiger partial charge on any atom is -0.469 e. The van der Waals surface area contributed by atoms with Crippen LogP contribution in [0.4, 0.5) is 0 Å². The first kappa shape index (κ1) is 16.9. The molecule has 1 atom stereocenters. The molecule has 0 bridgehead atoms. The van der Waals surface area contributed by atoms with Gasteiger partial charge in [0.05, 0.1) is 25.9 Å². The fraction of sp³-hybridized carbons (Fsp3) is 0.818. The molecule has 0 saturated heterocycles. The van der Waals surface area contributed by atoms with Crippen LogP contribution in [0, 0.1) is 0 Å². The summed E-state index contributed by atoms with van der Waals surface area (Å²) in [6, 6.07) is 0. The molecule has 0 saturated carbocycles. The summed E-state index contributed by atoms with van der Waals surface area (Å²) in [7, 11) is -2.50. The molecule has 0 aliphatic carbocycles. The molecule has 18 heavy (non-hydrogen) atoms. The lowest BCUT2D eigenvalue weighted by molar-refractivity contribution is -0.143. The highest BCUT2D eigenvalue weighted by molar-refractivity contribution is 7.92. The van der Waals surface area contributed by atoms with Gasteiger partial charge in [-0.25, -0.2) is 8.42 Å². The molecule has 6 nitrogen and oxygen atoms in total. The minimum absolute atomic E-state index is 0.131. The average molecular weight is 280 g/mol. The van der Waals surface area contributed by atoms with E-state index >= 15 is 0 Å². The molecule has 106 valence electrons. The first-order chi connectivity index (χ1) is 8.38. The van der Waals surface area contributed by atoms with Crippen LogP contribution in [0.5, 0.6) is 0 Å². The van der Waals surface area contributed by atoms with Crippen LogP contribution < -0.4 is 0 Å². The highest BCUT2D eigenvalue weighted by Gasteiger charge is 2.33. The van der Waals surface area contributed by atoms with Crippen LogP contribution in [0.1, 0.15) is 33.1 Å². The maximum atomic E-state index is 11.9. The SMILES string of the molecule is CCCC(C(=O)OCC)S(=O)(=O)CCC(=O)OC. The highest BCUT2D eigenvalue weighted by Crippen LogP contribution is 2.13. The molecule has 0 heterocycles. The summed E-state index contributed by atoms with van der Waals surface area (Å²) in [4.78, 5) is 22.5. The molecule has 0 radical (unpaired) electrons. The quantitative estimate of drug-likeness (QED) is 0.608. The largest absolute Gasteiger partial charge is 0.469 e. The number of hydrogen-bond donors (Lipinski definition) is 0. The lowest BCUT2D eigenvalue weighted by atomic mass is 10.2. The van der Waals surface area contributed by atoms with Crippen molar-refractivity contribution in [3.8, 4) is 0 Å². The van der Waals surface area contributed by atoms with Crippen LogP contribution in [0.2, 0.25) is 0 Å². The van der Waals surface area contributed by atoms with Gasteiger partial charge in [-0.2, -0.15) is 0 Å². The molecule has 0 aromatic rings. The predicted molar refractivity (Wildman–Crippen MR) is 65.7 cm³/mol. The minimum atomic E-state index is -3.69. The number of carbonyl (C=O) groups excluding carboxylic acids is 2. The Morgan fingerprint density at radius 2 is 1.83 bits per heavy atom. The van der Waals surface area contributed by atoms with Gasteiger partial charge in [0.15, 0.2) is 15.1 Å². The van der Waals surface area contributed by atoms with Gasteiger partial charge >= 0.3 is 11.9 Å². The van der Waals surface area contributed by atoms with Gasteiger partial charge < -0.3 is 9.47 Å². The average Bonchev–Trinajstić information content (AvgIpc) is 2.33. The molecule has 0 fully saturated rings. The zero-order chi connectivity index (χ0) is 14.2.